The van der Waals surface area contributed by atoms with Crippen LogP contribution in [0.25, 0.3) is 0 Å². The van der Waals surface area contributed by atoms with Crippen LogP contribution in [0.1, 0.15) is 20.3 Å². The van der Waals surface area contributed by atoms with Crippen LogP contribution in [0, 0.1) is 0 Å². The second-order valence-corrected chi connectivity index (χ2v) is 3.08. The molecule has 2 nitrogen and oxygen atoms in total. The molecule has 1 unspecified atom stereocenters. The SMILES string of the molecule is C=CC(=O)NC(C)(Cl)CC. The number of rotatable bonds is 3. The van der Waals surface area contributed by atoms with Crippen LogP contribution in [-0.2, 0) is 4.79 Å². The molecule has 0 saturated heterocycles. The first-order valence-corrected chi connectivity index (χ1v) is 3.53. The minimum Gasteiger partial charge on any atom is -0.334 e. The molecule has 0 aliphatic carbocycles. The van der Waals surface area contributed by atoms with Crippen LogP contribution >= 0.6 is 11.6 Å². The maximum atomic E-state index is 10.7. The van der Waals surface area contributed by atoms with Gasteiger partial charge in [-0.1, -0.05) is 25.1 Å². The summed E-state index contributed by atoms with van der Waals surface area (Å²) in [6.07, 6.45) is 1.89. The van der Waals surface area contributed by atoms with Crippen LogP contribution in [0.3, 0.4) is 0 Å². The Hall–Kier alpha value is -0.500. The topological polar surface area (TPSA) is 29.1 Å². The molecule has 1 amide bonds. The third-order valence-corrected chi connectivity index (χ3v) is 1.59. The first kappa shape index (κ1) is 9.50. The molecular weight excluding hydrogens is 150 g/mol. The van der Waals surface area contributed by atoms with Gasteiger partial charge in [-0.05, 0) is 19.4 Å². The molecule has 3 heteroatoms. The van der Waals surface area contributed by atoms with Gasteiger partial charge in [0.1, 0.15) is 5.00 Å². The molecule has 0 aliphatic rings. The zero-order valence-electron chi connectivity index (χ0n) is 6.28. The number of amides is 1. The van der Waals surface area contributed by atoms with E-state index in [2.05, 4.69) is 11.9 Å². The van der Waals surface area contributed by atoms with E-state index >= 15 is 0 Å². The summed E-state index contributed by atoms with van der Waals surface area (Å²) in [6, 6.07) is 0. The molecule has 10 heavy (non-hydrogen) atoms. The molecule has 1 atom stereocenters. The van der Waals surface area contributed by atoms with Crippen LogP contribution < -0.4 is 5.32 Å². The van der Waals surface area contributed by atoms with E-state index in [1.807, 2.05) is 6.92 Å². The molecule has 58 valence electrons. The number of carbonyl (C=O) groups is 1. The van der Waals surface area contributed by atoms with Crippen molar-refractivity contribution in [2.45, 2.75) is 25.3 Å². The molecule has 0 aliphatic heterocycles. The zero-order valence-corrected chi connectivity index (χ0v) is 7.03. The van der Waals surface area contributed by atoms with Crippen molar-refractivity contribution in [1.82, 2.24) is 5.32 Å². The molecular formula is C7H12ClNO. The Morgan fingerprint density at radius 3 is 2.70 bits per heavy atom. The second-order valence-electron chi connectivity index (χ2n) is 2.24. The minimum absolute atomic E-state index is 0.237. The summed E-state index contributed by atoms with van der Waals surface area (Å²) in [6.45, 7) is 6.95. The number of carbonyl (C=O) groups excluding carboxylic acids is 1. The quantitative estimate of drug-likeness (QED) is 0.381. The van der Waals surface area contributed by atoms with Crippen LogP contribution in [0.5, 0.6) is 0 Å². The van der Waals surface area contributed by atoms with Crippen molar-refractivity contribution in [2.75, 3.05) is 0 Å². The lowest BCUT2D eigenvalue weighted by Crippen LogP contribution is -2.39. The first-order valence-electron chi connectivity index (χ1n) is 3.15. The minimum atomic E-state index is -0.634. The number of alkyl halides is 1. The van der Waals surface area contributed by atoms with Crippen molar-refractivity contribution in [3.05, 3.63) is 12.7 Å². The fourth-order valence-corrected chi connectivity index (χ4v) is 0.489. The molecule has 0 aromatic rings. The molecule has 0 bridgehead atoms. The predicted molar refractivity (Wildman–Crippen MR) is 42.9 cm³/mol. The van der Waals surface area contributed by atoms with Gasteiger partial charge in [-0.25, -0.2) is 0 Å². The fraction of sp³-hybridized carbons (Fsp3) is 0.571. The Morgan fingerprint density at radius 2 is 2.40 bits per heavy atom. The number of hydrogen-bond donors (Lipinski definition) is 1. The molecule has 0 radical (unpaired) electrons. The summed E-state index contributed by atoms with van der Waals surface area (Å²) in [5.41, 5.74) is 0. The maximum Gasteiger partial charge on any atom is 0.244 e. The van der Waals surface area contributed by atoms with Crippen molar-refractivity contribution in [3.8, 4) is 0 Å². The maximum absolute atomic E-state index is 10.7. The lowest BCUT2D eigenvalue weighted by atomic mass is 10.2. The Kier molecular flexibility index (Phi) is 3.43. The third-order valence-electron chi connectivity index (χ3n) is 1.23. The van der Waals surface area contributed by atoms with Crippen LogP contribution in [0.4, 0.5) is 0 Å². The average Bonchev–Trinajstić information content (AvgIpc) is 1.87. The lowest BCUT2D eigenvalue weighted by Gasteiger charge is -2.20. The highest BCUT2D eigenvalue weighted by atomic mass is 35.5. The molecule has 0 aromatic heterocycles. The van der Waals surface area contributed by atoms with E-state index < -0.39 is 5.00 Å². The second kappa shape index (κ2) is 3.62. The van der Waals surface area contributed by atoms with Gasteiger partial charge in [-0.3, -0.25) is 4.79 Å². The summed E-state index contributed by atoms with van der Waals surface area (Å²) >= 11 is 5.81. The van der Waals surface area contributed by atoms with Gasteiger partial charge in [-0.2, -0.15) is 0 Å². The van der Waals surface area contributed by atoms with Gasteiger partial charge >= 0.3 is 0 Å². The van der Waals surface area contributed by atoms with E-state index in [0.717, 1.165) is 0 Å². The zero-order chi connectivity index (χ0) is 8.20. The van der Waals surface area contributed by atoms with E-state index in [4.69, 9.17) is 11.6 Å². The highest BCUT2D eigenvalue weighted by Crippen LogP contribution is 2.13. The van der Waals surface area contributed by atoms with E-state index in [-0.39, 0.29) is 5.91 Å². The molecule has 0 saturated carbocycles. The summed E-state index contributed by atoms with van der Waals surface area (Å²) in [4.78, 5) is 10.0. The highest BCUT2D eigenvalue weighted by molar-refractivity contribution is 6.24. The van der Waals surface area contributed by atoms with Gasteiger partial charge in [0.05, 0.1) is 0 Å². The Balaban J connectivity index is 3.87. The van der Waals surface area contributed by atoms with Crippen LogP contribution in [0.2, 0.25) is 0 Å². The van der Waals surface area contributed by atoms with Crippen molar-refractivity contribution < 1.29 is 4.79 Å². The molecule has 0 rings (SSSR count). The number of hydrogen-bond acceptors (Lipinski definition) is 1. The first-order chi connectivity index (χ1) is 4.52. The Labute approximate surface area is 66.3 Å². The summed E-state index contributed by atoms with van der Waals surface area (Å²) in [5.74, 6) is -0.237. The monoisotopic (exact) mass is 161 g/mol. The van der Waals surface area contributed by atoms with Crippen molar-refractivity contribution in [1.29, 1.82) is 0 Å². The van der Waals surface area contributed by atoms with Gasteiger partial charge in [0.25, 0.3) is 0 Å². The van der Waals surface area contributed by atoms with E-state index in [1.54, 1.807) is 6.92 Å². The van der Waals surface area contributed by atoms with Crippen molar-refractivity contribution >= 4 is 17.5 Å². The van der Waals surface area contributed by atoms with Gasteiger partial charge in [-0.15, -0.1) is 0 Å². The average molecular weight is 162 g/mol. The standard InChI is InChI=1S/C7H12ClNO/c1-4-6(10)9-7(3,8)5-2/h4H,1,5H2,2-3H3,(H,9,10). The Bertz CT molecular complexity index is 143. The van der Waals surface area contributed by atoms with Gasteiger partial charge in [0.15, 0.2) is 0 Å². The summed E-state index contributed by atoms with van der Waals surface area (Å²) in [5, 5.41) is 2.56. The molecule has 0 aromatic carbocycles. The van der Waals surface area contributed by atoms with Crippen molar-refractivity contribution in [3.63, 3.8) is 0 Å². The summed E-state index contributed by atoms with van der Waals surface area (Å²) < 4.78 is 0. The highest BCUT2D eigenvalue weighted by Gasteiger charge is 2.18. The molecule has 0 fully saturated rings. The molecule has 1 N–H and O–H groups in total. The summed E-state index contributed by atoms with van der Waals surface area (Å²) in [7, 11) is 0. The third kappa shape index (κ3) is 3.51. The Morgan fingerprint density at radius 1 is 1.90 bits per heavy atom. The van der Waals surface area contributed by atoms with Gasteiger partial charge in [0.2, 0.25) is 5.91 Å². The number of nitrogens with one attached hydrogen (secondary N) is 1. The van der Waals surface area contributed by atoms with E-state index in [9.17, 15) is 4.79 Å². The smallest absolute Gasteiger partial charge is 0.244 e. The normalized spacial score (nSPS) is 15.5. The molecule has 0 heterocycles. The van der Waals surface area contributed by atoms with Gasteiger partial charge in [0, 0.05) is 0 Å². The fourth-order valence-electron chi connectivity index (χ4n) is 0.396. The largest absolute Gasteiger partial charge is 0.334 e. The van der Waals surface area contributed by atoms with Crippen LogP contribution in [-0.4, -0.2) is 10.9 Å². The lowest BCUT2D eigenvalue weighted by molar-refractivity contribution is -0.117. The van der Waals surface area contributed by atoms with Crippen LogP contribution in [0.15, 0.2) is 12.7 Å². The van der Waals surface area contributed by atoms with Crippen molar-refractivity contribution in [2.24, 2.45) is 0 Å². The predicted octanol–water partition coefficient (Wildman–Crippen LogP) is 1.65. The van der Waals surface area contributed by atoms with Gasteiger partial charge < -0.3 is 5.32 Å². The van der Waals surface area contributed by atoms with E-state index in [1.165, 1.54) is 6.08 Å². The molecule has 0 spiro atoms. The number of halogens is 1. The van der Waals surface area contributed by atoms with E-state index in [0.29, 0.717) is 6.42 Å².